The largest absolute Gasteiger partial charge is 0.353 e. The molecule has 1 saturated heterocycles. The molecule has 1 fully saturated rings. The summed E-state index contributed by atoms with van der Waals surface area (Å²) < 4.78 is 0. The number of hydrogen-bond donors (Lipinski definition) is 1. The maximum Gasteiger partial charge on any atom is 0.234 e. The summed E-state index contributed by atoms with van der Waals surface area (Å²) in [5.41, 5.74) is 0. The van der Waals surface area contributed by atoms with Crippen LogP contribution in [-0.2, 0) is 9.59 Å². The number of nitrogens with one attached hydrogen (secondary N) is 1. The monoisotopic (exact) mass is 293 g/mol. The summed E-state index contributed by atoms with van der Waals surface area (Å²) in [6.45, 7) is 7.44. The molecule has 0 aromatic heterocycles. The first-order chi connectivity index (χ1) is 10.1. The number of rotatable bonds is 4. The molecule has 1 aliphatic heterocycles. The molecule has 2 amide bonds. The zero-order chi connectivity index (χ0) is 15.2. The summed E-state index contributed by atoms with van der Waals surface area (Å²) in [5, 5.41) is 2.91. The lowest BCUT2D eigenvalue weighted by molar-refractivity contribution is -0.137. The number of carbonyl (C=O) groups is 2. The van der Waals surface area contributed by atoms with Gasteiger partial charge in [0.25, 0.3) is 0 Å². The number of amides is 2. The third kappa shape index (κ3) is 4.84. The highest BCUT2D eigenvalue weighted by molar-refractivity contribution is 5.80. The van der Waals surface area contributed by atoms with E-state index in [-0.39, 0.29) is 17.9 Å². The Hall–Kier alpha value is -1.36. The van der Waals surface area contributed by atoms with Gasteiger partial charge in [0.15, 0.2) is 0 Å². The van der Waals surface area contributed by atoms with Crippen molar-refractivity contribution < 1.29 is 9.59 Å². The fraction of sp³-hybridized carbons (Fsp3) is 0.750. The van der Waals surface area contributed by atoms with Crippen LogP contribution in [0.3, 0.4) is 0 Å². The molecular weight excluding hydrogens is 266 g/mol. The van der Waals surface area contributed by atoms with Crippen LogP contribution >= 0.6 is 0 Å². The molecule has 5 heteroatoms. The van der Waals surface area contributed by atoms with E-state index in [0.29, 0.717) is 12.5 Å². The standard InChI is InChI=1S/C16H27N3O2/c1-13(2)17-15(20)12-18-8-10-19(11-9-18)16(21)14-6-4-3-5-7-14/h3-4,13-14H,5-12H2,1-2H3,(H,17,20). The van der Waals surface area contributed by atoms with Crippen LogP contribution in [-0.4, -0.2) is 60.4 Å². The molecule has 2 aliphatic rings. The average molecular weight is 293 g/mol. The van der Waals surface area contributed by atoms with Crippen molar-refractivity contribution in [3.05, 3.63) is 12.2 Å². The molecule has 1 aliphatic carbocycles. The number of carbonyl (C=O) groups excluding carboxylic acids is 2. The first kappa shape index (κ1) is 16.0. The van der Waals surface area contributed by atoms with Crippen molar-refractivity contribution in [1.82, 2.24) is 15.1 Å². The summed E-state index contributed by atoms with van der Waals surface area (Å²) in [4.78, 5) is 28.3. The van der Waals surface area contributed by atoms with Crippen LogP contribution in [0, 0.1) is 5.92 Å². The summed E-state index contributed by atoms with van der Waals surface area (Å²) in [7, 11) is 0. The normalized spacial score (nSPS) is 23.4. The molecule has 0 saturated carbocycles. The molecule has 118 valence electrons. The highest BCUT2D eigenvalue weighted by Crippen LogP contribution is 2.21. The van der Waals surface area contributed by atoms with Gasteiger partial charge in [-0.2, -0.15) is 0 Å². The Balaban J connectivity index is 1.73. The second kappa shape index (κ2) is 7.59. The third-order valence-corrected chi connectivity index (χ3v) is 4.12. The smallest absolute Gasteiger partial charge is 0.234 e. The molecular formula is C16H27N3O2. The number of hydrogen-bond acceptors (Lipinski definition) is 3. The van der Waals surface area contributed by atoms with Crippen LogP contribution in [0.25, 0.3) is 0 Å². The molecule has 0 aromatic rings. The van der Waals surface area contributed by atoms with Crippen LogP contribution in [0.15, 0.2) is 12.2 Å². The molecule has 0 spiro atoms. The van der Waals surface area contributed by atoms with Gasteiger partial charge in [0, 0.05) is 38.1 Å². The quantitative estimate of drug-likeness (QED) is 0.787. The maximum atomic E-state index is 12.4. The Morgan fingerprint density at radius 1 is 1.19 bits per heavy atom. The van der Waals surface area contributed by atoms with E-state index < -0.39 is 0 Å². The van der Waals surface area contributed by atoms with E-state index in [9.17, 15) is 9.59 Å². The summed E-state index contributed by atoms with van der Waals surface area (Å²) in [6, 6.07) is 0.180. The van der Waals surface area contributed by atoms with Gasteiger partial charge in [-0.05, 0) is 33.1 Å². The van der Waals surface area contributed by atoms with Crippen LogP contribution in [0.5, 0.6) is 0 Å². The SMILES string of the molecule is CC(C)NC(=O)CN1CCN(C(=O)C2CC=CCC2)CC1. The Morgan fingerprint density at radius 2 is 1.90 bits per heavy atom. The summed E-state index contributed by atoms with van der Waals surface area (Å²) in [6.07, 6.45) is 7.17. The fourth-order valence-electron chi connectivity index (χ4n) is 2.97. The first-order valence-electron chi connectivity index (χ1n) is 8.01. The predicted molar refractivity (Wildman–Crippen MR) is 82.8 cm³/mol. The molecule has 1 atom stereocenters. The zero-order valence-electron chi connectivity index (χ0n) is 13.2. The number of piperazine rings is 1. The lowest BCUT2D eigenvalue weighted by Gasteiger charge is -2.36. The Labute approximate surface area is 127 Å². The van der Waals surface area contributed by atoms with Gasteiger partial charge in [0.05, 0.1) is 6.54 Å². The van der Waals surface area contributed by atoms with Gasteiger partial charge in [-0.1, -0.05) is 12.2 Å². The minimum absolute atomic E-state index is 0.0715. The maximum absolute atomic E-state index is 12.4. The molecule has 1 unspecified atom stereocenters. The van der Waals surface area contributed by atoms with Crippen LogP contribution in [0.2, 0.25) is 0 Å². The van der Waals surface area contributed by atoms with Crippen molar-refractivity contribution in [2.24, 2.45) is 5.92 Å². The lowest BCUT2D eigenvalue weighted by Crippen LogP contribution is -2.52. The van der Waals surface area contributed by atoms with Gasteiger partial charge in [-0.15, -0.1) is 0 Å². The summed E-state index contributed by atoms with van der Waals surface area (Å²) >= 11 is 0. The molecule has 1 heterocycles. The first-order valence-corrected chi connectivity index (χ1v) is 8.01. The third-order valence-electron chi connectivity index (χ3n) is 4.12. The minimum Gasteiger partial charge on any atom is -0.353 e. The topological polar surface area (TPSA) is 52.7 Å². The Morgan fingerprint density at radius 3 is 2.48 bits per heavy atom. The highest BCUT2D eigenvalue weighted by Gasteiger charge is 2.27. The van der Waals surface area contributed by atoms with E-state index in [2.05, 4.69) is 22.4 Å². The lowest BCUT2D eigenvalue weighted by atomic mass is 9.93. The molecule has 2 rings (SSSR count). The molecule has 0 bridgehead atoms. The zero-order valence-corrected chi connectivity index (χ0v) is 13.2. The van der Waals surface area contributed by atoms with E-state index in [1.54, 1.807) is 0 Å². The fourth-order valence-corrected chi connectivity index (χ4v) is 2.97. The van der Waals surface area contributed by atoms with Crippen molar-refractivity contribution in [3.8, 4) is 0 Å². The highest BCUT2D eigenvalue weighted by atomic mass is 16.2. The average Bonchev–Trinajstić information content (AvgIpc) is 2.47. The van der Waals surface area contributed by atoms with E-state index in [4.69, 9.17) is 0 Å². The van der Waals surface area contributed by atoms with Gasteiger partial charge in [-0.3, -0.25) is 14.5 Å². The van der Waals surface area contributed by atoms with Crippen molar-refractivity contribution in [2.45, 2.75) is 39.2 Å². The van der Waals surface area contributed by atoms with Gasteiger partial charge in [0.2, 0.25) is 11.8 Å². The number of nitrogens with zero attached hydrogens (tertiary/aromatic N) is 2. The van der Waals surface area contributed by atoms with Gasteiger partial charge in [-0.25, -0.2) is 0 Å². The van der Waals surface area contributed by atoms with E-state index in [0.717, 1.165) is 45.4 Å². The second-order valence-electron chi connectivity index (χ2n) is 6.31. The minimum atomic E-state index is 0.0715. The van der Waals surface area contributed by atoms with E-state index in [1.807, 2.05) is 18.7 Å². The molecule has 1 N–H and O–H groups in total. The molecule has 0 radical (unpaired) electrons. The Kier molecular flexibility index (Phi) is 5.79. The molecule has 0 aromatic carbocycles. The number of allylic oxidation sites excluding steroid dienone is 2. The van der Waals surface area contributed by atoms with E-state index >= 15 is 0 Å². The van der Waals surface area contributed by atoms with Gasteiger partial charge >= 0.3 is 0 Å². The van der Waals surface area contributed by atoms with Crippen molar-refractivity contribution in [1.29, 1.82) is 0 Å². The van der Waals surface area contributed by atoms with Crippen LogP contribution in [0.4, 0.5) is 0 Å². The van der Waals surface area contributed by atoms with Gasteiger partial charge < -0.3 is 10.2 Å². The van der Waals surface area contributed by atoms with Crippen molar-refractivity contribution in [2.75, 3.05) is 32.7 Å². The van der Waals surface area contributed by atoms with Crippen molar-refractivity contribution in [3.63, 3.8) is 0 Å². The van der Waals surface area contributed by atoms with Gasteiger partial charge in [0.1, 0.15) is 0 Å². The second-order valence-corrected chi connectivity index (χ2v) is 6.31. The summed E-state index contributed by atoms with van der Waals surface area (Å²) in [5.74, 6) is 0.540. The van der Waals surface area contributed by atoms with Crippen LogP contribution in [0.1, 0.15) is 33.1 Å². The van der Waals surface area contributed by atoms with Crippen LogP contribution < -0.4 is 5.32 Å². The van der Waals surface area contributed by atoms with Crippen molar-refractivity contribution >= 4 is 11.8 Å². The predicted octanol–water partition coefficient (Wildman–Crippen LogP) is 1.01. The Bertz CT molecular complexity index is 398. The molecule has 5 nitrogen and oxygen atoms in total. The van der Waals surface area contributed by atoms with E-state index in [1.165, 1.54) is 0 Å². The molecule has 21 heavy (non-hydrogen) atoms.